The molecular formula is C11H14BrNO4. The van der Waals surface area contributed by atoms with E-state index in [1.165, 1.54) is 12.1 Å². The quantitative estimate of drug-likeness (QED) is 0.598. The number of ether oxygens (including phenoxy) is 2. The SMILES string of the molecule is COCCC(C)Oc1cc([N+](=O)[O-])ccc1Br. The van der Waals surface area contributed by atoms with Crippen LogP contribution in [0, 0.1) is 10.1 Å². The molecule has 1 aromatic rings. The van der Waals surface area contributed by atoms with E-state index in [0.717, 1.165) is 6.42 Å². The number of rotatable bonds is 6. The predicted molar refractivity (Wildman–Crippen MR) is 67.4 cm³/mol. The van der Waals surface area contributed by atoms with Gasteiger partial charge in [-0.3, -0.25) is 10.1 Å². The maximum absolute atomic E-state index is 10.6. The van der Waals surface area contributed by atoms with E-state index in [4.69, 9.17) is 9.47 Å². The molecule has 0 fully saturated rings. The van der Waals surface area contributed by atoms with Crippen molar-refractivity contribution in [2.75, 3.05) is 13.7 Å². The lowest BCUT2D eigenvalue weighted by Gasteiger charge is -2.15. The second-order valence-electron chi connectivity index (χ2n) is 3.58. The van der Waals surface area contributed by atoms with Gasteiger partial charge in [-0.1, -0.05) is 0 Å². The molecule has 0 saturated heterocycles. The van der Waals surface area contributed by atoms with Crippen LogP contribution in [0.25, 0.3) is 0 Å². The van der Waals surface area contributed by atoms with Crippen molar-refractivity contribution >= 4 is 21.6 Å². The lowest BCUT2D eigenvalue weighted by atomic mass is 10.2. The molecule has 0 saturated carbocycles. The van der Waals surface area contributed by atoms with Crippen molar-refractivity contribution in [3.8, 4) is 5.75 Å². The molecule has 6 heteroatoms. The Morgan fingerprint density at radius 2 is 2.24 bits per heavy atom. The molecule has 17 heavy (non-hydrogen) atoms. The Balaban J connectivity index is 2.75. The van der Waals surface area contributed by atoms with Crippen molar-refractivity contribution in [2.45, 2.75) is 19.4 Å². The van der Waals surface area contributed by atoms with Crippen molar-refractivity contribution in [3.05, 3.63) is 32.8 Å². The van der Waals surface area contributed by atoms with E-state index < -0.39 is 4.92 Å². The molecule has 1 rings (SSSR count). The van der Waals surface area contributed by atoms with Crippen LogP contribution < -0.4 is 4.74 Å². The summed E-state index contributed by atoms with van der Waals surface area (Å²) < 4.78 is 11.3. The highest BCUT2D eigenvalue weighted by Crippen LogP contribution is 2.30. The first-order valence-corrected chi connectivity index (χ1v) is 5.93. The summed E-state index contributed by atoms with van der Waals surface area (Å²) in [5.74, 6) is 0.475. The number of benzene rings is 1. The molecule has 0 aliphatic heterocycles. The van der Waals surface area contributed by atoms with Crippen molar-refractivity contribution in [2.24, 2.45) is 0 Å². The number of nitrogens with zero attached hydrogens (tertiary/aromatic N) is 1. The number of nitro benzene ring substituents is 1. The smallest absolute Gasteiger partial charge is 0.273 e. The highest BCUT2D eigenvalue weighted by Gasteiger charge is 2.12. The van der Waals surface area contributed by atoms with Crippen LogP contribution >= 0.6 is 15.9 Å². The first-order chi connectivity index (χ1) is 8.04. The third kappa shape index (κ3) is 4.32. The molecule has 0 bridgehead atoms. The first kappa shape index (κ1) is 13.9. The zero-order valence-corrected chi connectivity index (χ0v) is 11.3. The van der Waals surface area contributed by atoms with Crippen LogP contribution in [-0.2, 0) is 4.74 Å². The van der Waals surface area contributed by atoms with E-state index in [-0.39, 0.29) is 11.8 Å². The third-order valence-electron chi connectivity index (χ3n) is 2.18. The van der Waals surface area contributed by atoms with Gasteiger partial charge in [-0.05, 0) is 28.9 Å². The van der Waals surface area contributed by atoms with E-state index in [2.05, 4.69) is 15.9 Å². The summed E-state index contributed by atoms with van der Waals surface area (Å²) in [6.07, 6.45) is 0.666. The minimum atomic E-state index is -0.445. The van der Waals surface area contributed by atoms with Crippen LogP contribution in [0.15, 0.2) is 22.7 Å². The highest BCUT2D eigenvalue weighted by molar-refractivity contribution is 9.10. The number of methoxy groups -OCH3 is 1. The molecule has 0 aliphatic carbocycles. The van der Waals surface area contributed by atoms with Crippen molar-refractivity contribution < 1.29 is 14.4 Å². The van der Waals surface area contributed by atoms with Crippen molar-refractivity contribution in [1.82, 2.24) is 0 Å². The van der Waals surface area contributed by atoms with E-state index in [0.29, 0.717) is 16.8 Å². The lowest BCUT2D eigenvalue weighted by Crippen LogP contribution is -2.14. The van der Waals surface area contributed by atoms with Crippen LogP contribution in [-0.4, -0.2) is 24.7 Å². The maximum Gasteiger partial charge on any atom is 0.273 e. The molecule has 0 spiro atoms. The zero-order valence-electron chi connectivity index (χ0n) is 9.68. The van der Waals surface area contributed by atoms with Gasteiger partial charge >= 0.3 is 0 Å². The number of hydrogen-bond donors (Lipinski definition) is 0. The van der Waals surface area contributed by atoms with Crippen LogP contribution in [0.1, 0.15) is 13.3 Å². The van der Waals surface area contributed by atoms with E-state index in [1.54, 1.807) is 13.2 Å². The molecular weight excluding hydrogens is 290 g/mol. The van der Waals surface area contributed by atoms with Crippen molar-refractivity contribution in [3.63, 3.8) is 0 Å². The molecule has 1 atom stereocenters. The third-order valence-corrected chi connectivity index (χ3v) is 2.84. The summed E-state index contributed by atoms with van der Waals surface area (Å²) in [4.78, 5) is 10.2. The predicted octanol–water partition coefficient (Wildman–Crippen LogP) is 3.16. The summed E-state index contributed by atoms with van der Waals surface area (Å²) in [5, 5.41) is 10.6. The van der Waals surface area contributed by atoms with Crippen molar-refractivity contribution in [1.29, 1.82) is 0 Å². The number of hydrogen-bond acceptors (Lipinski definition) is 4. The van der Waals surface area contributed by atoms with Gasteiger partial charge in [0.2, 0.25) is 0 Å². The van der Waals surface area contributed by atoms with Gasteiger partial charge in [0, 0.05) is 26.2 Å². The molecule has 0 heterocycles. The molecule has 1 unspecified atom stereocenters. The van der Waals surface area contributed by atoms with Crippen LogP contribution in [0.3, 0.4) is 0 Å². The minimum Gasteiger partial charge on any atom is -0.489 e. The lowest BCUT2D eigenvalue weighted by molar-refractivity contribution is -0.385. The largest absolute Gasteiger partial charge is 0.489 e. The Kier molecular flexibility index (Phi) is 5.37. The Morgan fingerprint density at radius 3 is 2.82 bits per heavy atom. The molecule has 0 N–H and O–H groups in total. The minimum absolute atomic E-state index is 0.0159. The topological polar surface area (TPSA) is 61.6 Å². The van der Waals surface area contributed by atoms with Gasteiger partial charge in [0.15, 0.2) is 0 Å². The van der Waals surface area contributed by atoms with Gasteiger partial charge in [-0.2, -0.15) is 0 Å². The monoisotopic (exact) mass is 303 g/mol. The average molecular weight is 304 g/mol. The number of halogens is 1. The zero-order chi connectivity index (χ0) is 12.8. The fourth-order valence-corrected chi connectivity index (χ4v) is 1.60. The Labute approximate surface area is 108 Å². The van der Waals surface area contributed by atoms with Crippen LogP contribution in [0.4, 0.5) is 5.69 Å². The van der Waals surface area contributed by atoms with E-state index >= 15 is 0 Å². The number of nitro groups is 1. The second-order valence-corrected chi connectivity index (χ2v) is 4.44. The summed E-state index contributed by atoms with van der Waals surface area (Å²) in [6.45, 7) is 2.48. The van der Waals surface area contributed by atoms with E-state index in [9.17, 15) is 10.1 Å². The molecule has 94 valence electrons. The van der Waals surface area contributed by atoms with Gasteiger partial charge in [-0.15, -0.1) is 0 Å². The average Bonchev–Trinajstić information content (AvgIpc) is 2.29. The summed E-state index contributed by atoms with van der Waals surface area (Å²) in [5.41, 5.74) is 0.0159. The normalized spacial score (nSPS) is 12.2. The van der Waals surface area contributed by atoms with Gasteiger partial charge in [0.05, 0.1) is 21.6 Å². The molecule has 0 aromatic heterocycles. The Morgan fingerprint density at radius 1 is 1.53 bits per heavy atom. The fourth-order valence-electron chi connectivity index (χ4n) is 1.26. The van der Waals surface area contributed by atoms with Gasteiger partial charge in [0.1, 0.15) is 5.75 Å². The van der Waals surface area contributed by atoms with Gasteiger partial charge in [0.25, 0.3) is 5.69 Å². The Hall–Kier alpha value is -1.14. The Bertz CT molecular complexity index is 397. The van der Waals surface area contributed by atoms with Gasteiger partial charge < -0.3 is 9.47 Å². The molecule has 1 aromatic carbocycles. The number of non-ortho nitro benzene ring substituents is 1. The highest BCUT2D eigenvalue weighted by atomic mass is 79.9. The van der Waals surface area contributed by atoms with Crippen LogP contribution in [0.5, 0.6) is 5.75 Å². The summed E-state index contributed by atoms with van der Waals surface area (Å²) >= 11 is 3.30. The second kappa shape index (κ2) is 6.56. The maximum atomic E-state index is 10.6. The molecule has 0 radical (unpaired) electrons. The summed E-state index contributed by atoms with van der Waals surface area (Å²) in [7, 11) is 1.62. The molecule has 0 amide bonds. The van der Waals surface area contributed by atoms with Gasteiger partial charge in [-0.25, -0.2) is 0 Å². The molecule has 5 nitrogen and oxygen atoms in total. The first-order valence-electron chi connectivity index (χ1n) is 5.14. The van der Waals surface area contributed by atoms with E-state index in [1.807, 2.05) is 6.92 Å². The summed E-state index contributed by atoms with van der Waals surface area (Å²) in [6, 6.07) is 4.45. The van der Waals surface area contributed by atoms with Crippen LogP contribution in [0.2, 0.25) is 0 Å². The standard InChI is InChI=1S/C11H14BrNO4/c1-8(5-6-16-2)17-11-7-9(13(14)15)3-4-10(11)12/h3-4,7-8H,5-6H2,1-2H3. The molecule has 0 aliphatic rings. The fraction of sp³-hybridized carbons (Fsp3) is 0.455.